The highest BCUT2D eigenvalue weighted by atomic mass is 32.1. The third-order valence-corrected chi connectivity index (χ3v) is 6.53. The number of carbonyl (C=O) groups excluding carboxylic acids is 1. The molecule has 1 saturated carbocycles. The molecular formula is C21H19N3O2S. The lowest BCUT2D eigenvalue weighted by molar-refractivity contribution is -0.118. The summed E-state index contributed by atoms with van der Waals surface area (Å²) in [6, 6.07) is 11.3. The number of amides is 1. The monoisotopic (exact) mass is 377 g/mol. The molecule has 0 radical (unpaired) electrons. The summed E-state index contributed by atoms with van der Waals surface area (Å²) in [6.45, 7) is 0. The van der Waals surface area contributed by atoms with E-state index in [-0.39, 0.29) is 11.5 Å². The van der Waals surface area contributed by atoms with Crippen LogP contribution < -0.4 is 11.0 Å². The van der Waals surface area contributed by atoms with Crippen molar-refractivity contribution in [3.05, 3.63) is 64.3 Å². The van der Waals surface area contributed by atoms with Crippen LogP contribution in [-0.2, 0) is 4.79 Å². The van der Waals surface area contributed by atoms with Crippen molar-refractivity contribution in [1.82, 2.24) is 9.89 Å². The normalized spacial score (nSPS) is 23.2. The average molecular weight is 377 g/mol. The maximum atomic E-state index is 12.8. The minimum atomic E-state index is -0.299. The molecule has 1 fully saturated rings. The van der Waals surface area contributed by atoms with Crippen LogP contribution in [0.2, 0.25) is 0 Å². The summed E-state index contributed by atoms with van der Waals surface area (Å²) in [7, 11) is 0. The summed E-state index contributed by atoms with van der Waals surface area (Å²) in [5, 5.41) is 7.80. The van der Waals surface area contributed by atoms with Crippen LogP contribution in [0.4, 0.5) is 0 Å². The number of carbonyl (C=O) groups is 1. The molecular weight excluding hydrogens is 358 g/mol. The highest BCUT2D eigenvalue weighted by molar-refractivity contribution is 7.13. The maximum Gasteiger partial charge on any atom is 0.294 e. The predicted molar refractivity (Wildman–Crippen MR) is 107 cm³/mol. The van der Waals surface area contributed by atoms with Crippen LogP contribution in [0.3, 0.4) is 0 Å². The van der Waals surface area contributed by atoms with Crippen LogP contribution in [0.15, 0.2) is 58.7 Å². The van der Waals surface area contributed by atoms with Crippen molar-refractivity contribution in [2.24, 2.45) is 17.8 Å². The number of hydrogen-bond donors (Lipinski definition) is 1. The first-order valence-corrected chi connectivity index (χ1v) is 10.1. The molecule has 136 valence electrons. The van der Waals surface area contributed by atoms with Gasteiger partial charge in [0.1, 0.15) is 5.69 Å². The zero-order valence-electron chi connectivity index (χ0n) is 14.7. The van der Waals surface area contributed by atoms with E-state index in [9.17, 15) is 9.59 Å². The van der Waals surface area contributed by atoms with Gasteiger partial charge in [-0.1, -0.05) is 36.4 Å². The van der Waals surface area contributed by atoms with E-state index in [1.165, 1.54) is 0 Å². The average Bonchev–Trinajstić information content (AvgIpc) is 3.42. The zero-order valence-corrected chi connectivity index (χ0v) is 15.5. The summed E-state index contributed by atoms with van der Waals surface area (Å²) < 4.78 is 0. The van der Waals surface area contributed by atoms with E-state index >= 15 is 0 Å². The predicted octanol–water partition coefficient (Wildman–Crippen LogP) is 3.80. The van der Waals surface area contributed by atoms with E-state index in [0.29, 0.717) is 35.3 Å². The molecule has 6 heteroatoms. The molecule has 1 amide bonds. The van der Waals surface area contributed by atoms with Crippen molar-refractivity contribution >= 4 is 28.0 Å². The summed E-state index contributed by atoms with van der Waals surface area (Å²) in [5.74, 6) is 1.35. The lowest BCUT2D eigenvalue weighted by Gasteiger charge is -2.18. The van der Waals surface area contributed by atoms with E-state index in [2.05, 4.69) is 22.7 Å². The minimum Gasteiger partial charge on any atom is -0.273 e. The quantitative estimate of drug-likeness (QED) is 0.704. The van der Waals surface area contributed by atoms with Gasteiger partial charge in [0.2, 0.25) is 5.91 Å². The molecule has 0 saturated heterocycles. The van der Waals surface area contributed by atoms with Crippen molar-refractivity contribution in [3.63, 3.8) is 0 Å². The summed E-state index contributed by atoms with van der Waals surface area (Å²) >= 11 is 1.56. The van der Waals surface area contributed by atoms with Gasteiger partial charge in [0.25, 0.3) is 5.56 Å². The topological polar surface area (TPSA) is 64.0 Å². The molecule has 27 heavy (non-hydrogen) atoms. The van der Waals surface area contributed by atoms with Crippen molar-refractivity contribution in [1.29, 1.82) is 0 Å². The zero-order chi connectivity index (χ0) is 18.4. The standard InChI is InChI=1S/C21H19N3O2S/c25-19(12-15-11-13-7-8-14(15)10-13)22-24-21(26)17-5-2-1-4-16(17)20(23-24)18-6-3-9-27-18/h1-9,13-15H,10-12H2,(H,22,25)/t13-,14+,15+/m1/s1. The third-order valence-electron chi connectivity index (χ3n) is 5.65. The first-order chi connectivity index (χ1) is 13.2. The largest absolute Gasteiger partial charge is 0.294 e. The molecule has 5 rings (SSSR count). The second kappa shape index (κ2) is 6.46. The van der Waals surface area contributed by atoms with Crippen molar-refractivity contribution in [2.75, 3.05) is 5.43 Å². The Hall–Kier alpha value is -2.73. The van der Waals surface area contributed by atoms with Crippen molar-refractivity contribution in [2.45, 2.75) is 19.3 Å². The number of benzene rings is 1. The number of hydrogen-bond acceptors (Lipinski definition) is 4. The van der Waals surface area contributed by atoms with Crippen molar-refractivity contribution < 1.29 is 4.79 Å². The smallest absolute Gasteiger partial charge is 0.273 e. The van der Waals surface area contributed by atoms with E-state index in [1.54, 1.807) is 17.4 Å². The van der Waals surface area contributed by atoms with Gasteiger partial charge >= 0.3 is 0 Å². The molecule has 2 aromatic heterocycles. The van der Waals surface area contributed by atoms with Crippen molar-refractivity contribution in [3.8, 4) is 10.6 Å². The number of nitrogens with one attached hydrogen (secondary N) is 1. The molecule has 0 spiro atoms. The van der Waals surface area contributed by atoms with Gasteiger partial charge in [0.15, 0.2) is 0 Å². The molecule has 2 aliphatic rings. The van der Waals surface area contributed by atoms with Gasteiger partial charge in [-0.2, -0.15) is 0 Å². The Morgan fingerprint density at radius 3 is 2.70 bits per heavy atom. The Morgan fingerprint density at radius 1 is 1.15 bits per heavy atom. The number of allylic oxidation sites excluding steroid dienone is 2. The number of aromatic nitrogens is 2. The summed E-state index contributed by atoms with van der Waals surface area (Å²) in [4.78, 5) is 27.5. The van der Waals surface area contributed by atoms with Gasteiger partial charge in [-0.3, -0.25) is 9.59 Å². The fraction of sp³-hybridized carbons (Fsp3) is 0.286. The minimum absolute atomic E-state index is 0.150. The molecule has 3 aromatic rings. The Morgan fingerprint density at radius 2 is 2.00 bits per heavy atom. The van der Waals surface area contributed by atoms with Crippen LogP contribution in [0.25, 0.3) is 21.3 Å². The SMILES string of the molecule is O=C(C[C@@H]1C[C@@H]2C=C[C@H]1C2)Nn1nc(-c2cccs2)c2ccccc2c1=O. The van der Waals surface area contributed by atoms with E-state index < -0.39 is 0 Å². The fourth-order valence-corrected chi connectivity index (χ4v) is 5.12. The molecule has 2 heterocycles. The molecule has 2 bridgehead atoms. The summed E-state index contributed by atoms with van der Waals surface area (Å²) in [6.07, 6.45) is 7.16. The van der Waals surface area contributed by atoms with Crippen LogP contribution >= 0.6 is 11.3 Å². The van der Waals surface area contributed by atoms with Gasteiger partial charge in [-0.25, -0.2) is 5.43 Å². The highest BCUT2D eigenvalue weighted by Crippen LogP contribution is 2.44. The Labute approximate surface area is 160 Å². The highest BCUT2D eigenvalue weighted by Gasteiger charge is 2.36. The molecule has 5 nitrogen and oxygen atoms in total. The Bertz CT molecular complexity index is 1100. The second-order valence-electron chi connectivity index (χ2n) is 7.37. The maximum absolute atomic E-state index is 12.8. The second-order valence-corrected chi connectivity index (χ2v) is 8.32. The van der Waals surface area contributed by atoms with Gasteiger partial charge < -0.3 is 0 Å². The number of thiophene rings is 1. The first kappa shape index (κ1) is 16.4. The number of nitrogens with zero attached hydrogens (tertiary/aromatic N) is 2. The molecule has 1 aromatic carbocycles. The van der Waals surface area contributed by atoms with Crippen LogP contribution in [0.1, 0.15) is 19.3 Å². The molecule has 0 aliphatic heterocycles. The Balaban J connectivity index is 1.48. The number of rotatable bonds is 4. The van der Waals surface area contributed by atoms with E-state index in [1.807, 2.05) is 35.7 Å². The van der Waals surface area contributed by atoms with Gasteiger partial charge in [0.05, 0.1) is 10.3 Å². The van der Waals surface area contributed by atoms with Gasteiger partial charge in [-0.15, -0.1) is 21.2 Å². The van der Waals surface area contributed by atoms with Crippen LogP contribution in [-0.4, -0.2) is 15.8 Å². The fourth-order valence-electron chi connectivity index (χ4n) is 4.39. The third kappa shape index (κ3) is 2.90. The molecule has 3 atom stereocenters. The van der Waals surface area contributed by atoms with E-state index in [0.717, 1.165) is 27.9 Å². The van der Waals surface area contributed by atoms with Crippen LogP contribution in [0, 0.1) is 17.8 Å². The van der Waals surface area contributed by atoms with Gasteiger partial charge in [-0.05, 0) is 48.1 Å². The van der Waals surface area contributed by atoms with Gasteiger partial charge in [0, 0.05) is 11.8 Å². The van der Waals surface area contributed by atoms with Crippen LogP contribution in [0.5, 0.6) is 0 Å². The lowest BCUT2D eigenvalue weighted by atomic mass is 9.90. The molecule has 1 N–H and O–H groups in total. The first-order valence-electron chi connectivity index (χ1n) is 9.23. The Kier molecular flexibility index (Phi) is 3.93. The lowest BCUT2D eigenvalue weighted by Crippen LogP contribution is -2.36. The molecule has 2 aliphatic carbocycles. The summed E-state index contributed by atoms with van der Waals surface area (Å²) in [5.41, 5.74) is 3.14. The molecule has 0 unspecified atom stereocenters. The number of fused-ring (bicyclic) bond motifs is 3. The van der Waals surface area contributed by atoms with E-state index in [4.69, 9.17) is 0 Å².